The third kappa shape index (κ3) is 2.64. The highest BCUT2D eigenvalue weighted by atomic mass is 32.1. The summed E-state index contributed by atoms with van der Waals surface area (Å²) < 4.78 is 0. The number of likely N-dealkylation sites (tertiary alicyclic amines) is 1. The zero-order chi connectivity index (χ0) is 14.2. The predicted molar refractivity (Wildman–Crippen MR) is 71.5 cm³/mol. The van der Waals surface area contributed by atoms with Gasteiger partial charge in [0.15, 0.2) is 0 Å². The average Bonchev–Trinajstić information content (AvgIpc) is 2.91. The molecule has 1 aliphatic heterocycles. The maximum absolute atomic E-state index is 12.4. The fraction of sp³-hybridized carbons (Fsp3) is 0.538. The van der Waals surface area contributed by atoms with E-state index >= 15 is 0 Å². The molecule has 2 atom stereocenters. The van der Waals surface area contributed by atoms with Crippen LogP contribution in [0.1, 0.15) is 33.5 Å². The molecule has 0 saturated carbocycles. The number of thiophene rings is 1. The first-order valence-corrected chi connectivity index (χ1v) is 7.06. The molecule has 0 aliphatic carbocycles. The minimum Gasteiger partial charge on any atom is -0.480 e. The van der Waals surface area contributed by atoms with Crippen molar-refractivity contribution in [3.8, 4) is 0 Å². The average molecular weight is 283 g/mol. The number of aliphatic carboxylic acids is 1. The van der Waals surface area contributed by atoms with E-state index in [0.29, 0.717) is 4.88 Å². The maximum Gasteiger partial charge on any atom is 0.326 e. The molecular weight excluding hydrogens is 266 g/mol. The van der Waals surface area contributed by atoms with E-state index in [0.717, 1.165) is 16.9 Å². The highest BCUT2D eigenvalue weighted by Gasteiger charge is 2.39. The van der Waals surface area contributed by atoms with Crippen molar-refractivity contribution in [2.75, 3.05) is 6.54 Å². The first-order valence-electron chi connectivity index (χ1n) is 6.25. The van der Waals surface area contributed by atoms with Crippen molar-refractivity contribution in [3.05, 3.63) is 21.4 Å². The minimum absolute atomic E-state index is 0.0915. The summed E-state index contributed by atoms with van der Waals surface area (Å²) in [6, 6.07) is 0.904. The summed E-state index contributed by atoms with van der Waals surface area (Å²) in [5.74, 6) is -1.36. The van der Waals surface area contributed by atoms with Crippen molar-refractivity contribution in [1.29, 1.82) is 0 Å². The third-order valence-corrected chi connectivity index (χ3v) is 4.52. The number of carboxylic acid groups (broad SMARTS) is 1. The topological polar surface area (TPSA) is 77.8 Å². The van der Waals surface area contributed by atoms with Crippen LogP contribution in [0.2, 0.25) is 0 Å². The minimum atomic E-state index is -1.06. The molecule has 104 valence electrons. The lowest BCUT2D eigenvalue weighted by atomic mass is 10.2. The smallest absolute Gasteiger partial charge is 0.326 e. The molecule has 0 radical (unpaired) electrons. The maximum atomic E-state index is 12.4. The molecule has 2 rings (SSSR count). The van der Waals surface area contributed by atoms with Crippen molar-refractivity contribution < 1.29 is 19.8 Å². The van der Waals surface area contributed by atoms with E-state index in [-0.39, 0.29) is 18.9 Å². The molecule has 1 amide bonds. The van der Waals surface area contributed by atoms with Crippen molar-refractivity contribution in [3.63, 3.8) is 0 Å². The third-order valence-electron chi connectivity index (χ3n) is 3.44. The molecule has 1 saturated heterocycles. The van der Waals surface area contributed by atoms with Gasteiger partial charge in [0.05, 0.1) is 11.0 Å². The lowest BCUT2D eigenvalue weighted by molar-refractivity contribution is -0.141. The predicted octanol–water partition coefficient (Wildman–Crippen LogP) is 1.28. The van der Waals surface area contributed by atoms with Gasteiger partial charge in [-0.3, -0.25) is 4.79 Å². The number of carbonyl (C=O) groups is 2. The van der Waals surface area contributed by atoms with Crippen molar-refractivity contribution in [2.45, 2.75) is 38.8 Å². The van der Waals surface area contributed by atoms with Crippen molar-refractivity contribution >= 4 is 23.2 Å². The molecule has 0 aromatic carbocycles. The number of aryl methyl sites for hydroxylation is 2. The van der Waals surface area contributed by atoms with Gasteiger partial charge in [0.25, 0.3) is 5.91 Å². The molecule has 0 bridgehead atoms. The lowest BCUT2D eigenvalue weighted by Gasteiger charge is -2.20. The molecule has 2 heterocycles. The van der Waals surface area contributed by atoms with Gasteiger partial charge >= 0.3 is 5.97 Å². The Labute approximate surface area is 115 Å². The quantitative estimate of drug-likeness (QED) is 0.876. The molecule has 1 fully saturated rings. The largest absolute Gasteiger partial charge is 0.480 e. The van der Waals surface area contributed by atoms with Crippen molar-refractivity contribution in [2.24, 2.45) is 0 Å². The van der Waals surface area contributed by atoms with Gasteiger partial charge in [0, 0.05) is 17.8 Å². The van der Waals surface area contributed by atoms with Gasteiger partial charge in [0.1, 0.15) is 6.04 Å². The van der Waals surface area contributed by atoms with Crippen LogP contribution in [0.15, 0.2) is 6.07 Å². The zero-order valence-electron chi connectivity index (χ0n) is 10.9. The van der Waals surface area contributed by atoms with Gasteiger partial charge in [0.2, 0.25) is 0 Å². The highest BCUT2D eigenvalue weighted by Crippen LogP contribution is 2.27. The van der Waals surface area contributed by atoms with E-state index in [1.54, 1.807) is 0 Å². The second-order valence-corrected chi connectivity index (χ2v) is 6.00. The Morgan fingerprint density at radius 2 is 2.21 bits per heavy atom. The Morgan fingerprint density at radius 1 is 1.53 bits per heavy atom. The molecule has 0 spiro atoms. The van der Waals surface area contributed by atoms with Gasteiger partial charge in [-0.1, -0.05) is 6.92 Å². The Hall–Kier alpha value is -1.40. The van der Waals surface area contributed by atoms with Gasteiger partial charge in [-0.15, -0.1) is 11.3 Å². The fourth-order valence-corrected chi connectivity index (χ4v) is 3.46. The summed E-state index contributed by atoms with van der Waals surface area (Å²) in [5, 5.41) is 18.7. The molecule has 0 unspecified atom stereocenters. The van der Waals surface area contributed by atoms with E-state index < -0.39 is 18.1 Å². The molecule has 1 aromatic rings. The lowest BCUT2D eigenvalue weighted by Crippen LogP contribution is -2.40. The molecule has 2 N–H and O–H groups in total. The number of rotatable bonds is 3. The Bertz CT molecular complexity index is 511. The number of hydrogen-bond acceptors (Lipinski definition) is 4. The van der Waals surface area contributed by atoms with Gasteiger partial charge < -0.3 is 15.1 Å². The zero-order valence-corrected chi connectivity index (χ0v) is 11.7. The molecule has 5 nitrogen and oxygen atoms in total. The summed E-state index contributed by atoms with van der Waals surface area (Å²) in [6.07, 6.45) is 0.198. The second kappa shape index (κ2) is 5.30. The number of carboxylic acids is 1. The number of β-amino-alcohol motifs (C(OH)–C–C–N with tert-alkyl or cyclic N) is 1. The summed E-state index contributed by atoms with van der Waals surface area (Å²) in [7, 11) is 0. The van der Waals surface area contributed by atoms with Gasteiger partial charge in [-0.25, -0.2) is 4.79 Å². The van der Waals surface area contributed by atoms with Crippen LogP contribution in [0.4, 0.5) is 0 Å². The summed E-state index contributed by atoms with van der Waals surface area (Å²) in [6.45, 7) is 4.06. The first kappa shape index (κ1) is 14.0. The Balaban J connectivity index is 2.25. The van der Waals surface area contributed by atoms with Crippen LogP contribution in [-0.2, 0) is 11.2 Å². The molecule has 1 aromatic heterocycles. The van der Waals surface area contributed by atoms with Gasteiger partial charge in [-0.2, -0.15) is 0 Å². The summed E-state index contributed by atoms with van der Waals surface area (Å²) in [5.41, 5.74) is 1.11. The standard InChI is InChI=1S/C13H17NO4S/c1-3-8-4-11(19-7(8)2)12(16)14-6-9(15)5-10(14)13(17)18/h4,9-10,15H,3,5-6H2,1-2H3,(H,17,18)/t9-,10-/m1/s1. The van der Waals surface area contributed by atoms with Crippen LogP contribution in [0.5, 0.6) is 0 Å². The number of carbonyl (C=O) groups excluding carboxylic acids is 1. The number of aliphatic hydroxyl groups is 1. The summed E-state index contributed by atoms with van der Waals surface area (Å²) in [4.78, 5) is 26.4. The monoisotopic (exact) mass is 283 g/mol. The van der Waals surface area contributed by atoms with Crippen LogP contribution >= 0.6 is 11.3 Å². The van der Waals surface area contributed by atoms with Crippen LogP contribution < -0.4 is 0 Å². The second-order valence-electron chi connectivity index (χ2n) is 4.75. The first-order chi connectivity index (χ1) is 8.93. The normalized spacial score (nSPS) is 22.8. The van der Waals surface area contributed by atoms with E-state index in [9.17, 15) is 14.7 Å². The number of nitrogens with zero attached hydrogens (tertiary/aromatic N) is 1. The van der Waals surface area contributed by atoms with E-state index in [1.165, 1.54) is 16.2 Å². The fourth-order valence-electron chi connectivity index (χ4n) is 2.39. The molecule has 19 heavy (non-hydrogen) atoms. The van der Waals surface area contributed by atoms with Crippen LogP contribution in [0, 0.1) is 6.92 Å². The highest BCUT2D eigenvalue weighted by molar-refractivity contribution is 7.14. The van der Waals surface area contributed by atoms with Gasteiger partial charge in [-0.05, 0) is 25.0 Å². The Kier molecular flexibility index (Phi) is 3.91. The van der Waals surface area contributed by atoms with Crippen LogP contribution in [0.25, 0.3) is 0 Å². The molecule has 6 heteroatoms. The van der Waals surface area contributed by atoms with E-state index in [4.69, 9.17) is 5.11 Å². The van der Waals surface area contributed by atoms with Crippen LogP contribution in [0.3, 0.4) is 0 Å². The number of amides is 1. The summed E-state index contributed by atoms with van der Waals surface area (Å²) >= 11 is 1.38. The van der Waals surface area contributed by atoms with E-state index in [1.807, 2.05) is 19.9 Å². The van der Waals surface area contributed by atoms with Crippen molar-refractivity contribution in [1.82, 2.24) is 4.90 Å². The van der Waals surface area contributed by atoms with Crippen LogP contribution in [-0.4, -0.2) is 45.7 Å². The van der Waals surface area contributed by atoms with E-state index in [2.05, 4.69) is 0 Å². The molecular formula is C13H17NO4S. The molecule has 1 aliphatic rings. The number of hydrogen-bond donors (Lipinski definition) is 2. The SMILES string of the molecule is CCc1cc(C(=O)N2C[C@H](O)C[C@@H]2C(=O)O)sc1C. The Morgan fingerprint density at radius 3 is 2.74 bits per heavy atom. The number of aliphatic hydroxyl groups excluding tert-OH is 1.